The Bertz CT molecular complexity index is 1270. The molecule has 6 nitrogen and oxygen atoms in total. The van der Waals surface area contributed by atoms with Crippen molar-refractivity contribution in [3.05, 3.63) is 77.4 Å². The second kappa shape index (κ2) is 9.20. The molecule has 0 bridgehead atoms. The van der Waals surface area contributed by atoms with Crippen molar-refractivity contribution in [1.29, 1.82) is 0 Å². The van der Waals surface area contributed by atoms with Crippen LogP contribution in [0.15, 0.2) is 54.9 Å². The summed E-state index contributed by atoms with van der Waals surface area (Å²) >= 11 is 0. The van der Waals surface area contributed by atoms with Crippen LogP contribution in [-0.4, -0.2) is 32.7 Å². The van der Waals surface area contributed by atoms with E-state index >= 15 is 0 Å². The SMILES string of the molecule is FC(F)(F)COc1nc(Cc2ccc3c[nH]cc3c2)nc(NCc2ccc(C(F)(F)F)cc2)n1. The van der Waals surface area contributed by atoms with Crippen LogP contribution in [0.25, 0.3) is 10.8 Å². The first-order valence-electron chi connectivity index (χ1n) is 9.95. The Morgan fingerprint density at radius 3 is 2.24 bits per heavy atom. The zero-order valence-electron chi connectivity index (χ0n) is 17.3. The van der Waals surface area contributed by atoms with E-state index < -0.39 is 30.5 Å². The fourth-order valence-corrected chi connectivity index (χ4v) is 3.15. The lowest BCUT2D eigenvalue weighted by molar-refractivity contribution is -0.154. The number of aromatic amines is 1. The van der Waals surface area contributed by atoms with Crippen molar-refractivity contribution < 1.29 is 31.1 Å². The molecule has 2 heterocycles. The Kier molecular flexibility index (Phi) is 6.31. The van der Waals surface area contributed by atoms with Gasteiger partial charge in [-0.3, -0.25) is 0 Å². The van der Waals surface area contributed by atoms with Gasteiger partial charge in [0.2, 0.25) is 5.95 Å². The maximum atomic E-state index is 12.7. The van der Waals surface area contributed by atoms with E-state index in [0.29, 0.717) is 5.56 Å². The number of hydrogen-bond donors (Lipinski definition) is 2. The van der Waals surface area contributed by atoms with Gasteiger partial charge in [-0.15, -0.1) is 0 Å². The number of nitrogens with zero attached hydrogens (tertiary/aromatic N) is 3. The van der Waals surface area contributed by atoms with Crippen LogP contribution in [0.2, 0.25) is 0 Å². The molecule has 0 aliphatic heterocycles. The largest absolute Gasteiger partial charge is 0.454 e. The molecule has 12 heteroatoms. The molecular formula is C22H17F6N5O. The summed E-state index contributed by atoms with van der Waals surface area (Å²) in [7, 11) is 0. The van der Waals surface area contributed by atoms with Crippen molar-refractivity contribution in [3.8, 4) is 6.01 Å². The topological polar surface area (TPSA) is 75.7 Å². The van der Waals surface area contributed by atoms with Crippen molar-refractivity contribution in [3.63, 3.8) is 0 Å². The second-order valence-corrected chi connectivity index (χ2v) is 7.41. The molecule has 0 spiro atoms. The standard InChI is InChI=1S/C22H17F6N5O/c23-21(24,25)12-34-20-32-18(8-14-1-4-15-10-29-11-16(15)7-14)31-19(33-20)30-9-13-2-5-17(6-3-13)22(26,27)28/h1-7,10-11,29H,8-9,12H2,(H,30,31,32,33). The van der Waals surface area contributed by atoms with Crippen LogP contribution >= 0.6 is 0 Å². The van der Waals surface area contributed by atoms with Gasteiger partial charge in [-0.05, 0) is 40.1 Å². The van der Waals surface area contributed by atoms with Crippen molar-refractivity contribution in [2.45, 2.75) is 25.3 Å². The summed E-state index contributed by atoms with van der Waals surface area (Å²) in [6.07, 6.45) is -5.21. The number of alkyl halides is 6. The number of ether oxygens (including phenoxy) is 1. The lowest BCUT2D eigenvalue weighted by Gasteiger charge is -2.12. The van der Waals surface area contributed by atoms with Crippen LogP contribution in [0.1, 0.15) is 22.5 Å². The molecular weight excluding hydrogens is 464 g/mol. The average Bonchev–Trinajstić information content (AvgIpc) is 3.23. The van der Waals surface area contributed by atoms with Crippen molar-refractivity contribution in [2.75, 3.05) is 11.9 Å². The molecule has 0 saturated heterocycles. The molecule has 2 aromatic carbocycles. The van der Waals surface area contributed by atoms with Crippen LogP contribution in [0, 0.1) is 0 Å². The van der Waals surface area contributed by atoms with Crippen molar-refractivity contribution >= 4 is 16.7 Å². The summed E-state index contributed by atoms with van der Waals surface area (Å²) in [5.41, 5.74) is 0.514. The Morgan fingerprint density at radius 2 is 1.53 bits per heavy atom. The van der Waals surface area contributed by atoms with E-state index in [9.17, 15) is 26.3 Å². The number of fused-ring (bicyclic) bond motifs is 1. The molecule has 2 N–H and O–H groups in total. The number of nitrogens with one attached hydrogen (secondary N) is 2. The highest BCUT2D eigenvalue weighted by atomic mass is 19.4. The van der Waals surface area contributed by atoms with Gasteiger partial charge in [0.15, 0.2) is 6.61 Å². The lowest BCUT2D eigenvalue weighted by Crippen LogP contribution is -2.21. The van der Waals surface area contributed by atoms with Crippen LogP contribution in [-0.2, 0) is 19.1 Å². The fraction of sp³-hybridized carbons (Fsp3) is 0.227. The van der Waals surface area contributed by atoms with Crippen LogP contribution < -0.4 is 10.1 Å². The third-order valence-electron chi connectivity index (χ3n) is 4.75. The van der Waals surface area contributed by atoms with Gasteiger partial charge in [-0.2, -0.15) is 41.3 Å². The number of rotatable bonds is 7. The first-order valence-corrected chi connectivity index (χ1v) is 9.95. The molecule has 0 atom stereocenters. The Balaban J connectivity index is 1.53. The lowest BCUT2D eigenvalue weighted by atomic mass is 10.1. The van der Waals surface area contributed by atoms with Gasteiger partial charge in [0.1, 0.15) is 5.82 Å². The Hall–Kier alpha value is -3.83. The quantitative estimate of drug-likeness (QED) is 0.340. The van der Waals surface area contributed by atoms with Gasteiger partial charge in [0.05, 0.1) is 5.56 Å². The van der Waals surface area contributed by atoms with E-state index in [1.54, 1.807) is 6.20 Å². The molecule has 34 heavy (non-hydrogen) atoms. The number of H-pyrrole nitrogens is 1. The minimum absolute atomic E-state index is 0.0373. The number of hydrogen-bond acceptors (Lipinski definition) is 5. The predicted octanol–water partition coefficient (Wildman–Crippen LogP) is 5.52. The molecule has 4 rings (SSSR count). The van der Waals surface area contributed by atoms with Crippen LogP contribution in [0.5, 0.6) is 6.01 Å². The van der Waals surface area contributed by atoms with E-state index in [1.807, 2.05) is 24.4 Å². The molecule has 0 amide bonds. The molecule has 4 aromatic rings. The summed E-state index contributed by atoms with van der Waals surface area (Å²) in [6, 6.07) is 9.53. The van der Waals surface area contributed by atoms with Crippen LogP contribution in [0.4, 0.5) is 32.3 Å². The summed E-state index contributed by atoms with van der Waals surface area (Å²) in [5, 5.41) is 4.74. The summed E-state index contributed by atoms with van der Waals surface area (Å²) in [4.78, 5) is 15.0. The third-order valence-corrected chi connectivity index (χ3v) is 4.75. The zero-order chi connectivity index (χ0) is 24.3. The first-order chi connectivity index (χ1) is 16.0. The minimum Gasteiger partial charge on any atom is -0.454 e. The smallest absolute Gasteiger partial charge is 0.422 e. The maximum absolute atomic E-state index is 12.7. The summed E-state index contributed by atoms with van der Waals surface area (Å²) in [5.74, 6) is 0.0989. The van der Waals surface area contributed by atoms with Crippen molar-refractivity contribution in [1.82, 2.24) is 19.9 Å². The van der Waals surface area contributed by atoms with E-state index in [-0.39, 0.29) is 24.7 Å². The molecule has 0 aliphatic rings. The van der Waals surface area contributed by atoms with Gasteiger partial charge in [-0.25, -0.2) is 0 Å². The highest BCUT2D eigenvalue weighted by molar-refractivity contribution is 5.82. The third kappa shape index (κ3) is 6.15. The molecule has 0 fully saturated rings. The van der Waals surface area contributed by atoms with Gasteiger partial charge < -0.3 is 15.0 Å². The zero-order valence-corrected chi connectivity index (χ0v) is 17.3. The highest BCUT2D eigenvalue weighted by Crippen LogP contribution is 2.29. The summed E-state index contributed by atoms with van der Waals surface area (Å²) < 4.78 is 80.7. The van der Waals surface area contributed by atoms with Crippen LogP contribution in [0.3, 0.4) is 0 Å². The first kappa shape index (κ1) is 23.3. The Labute approximate surface area is 189 Å². The molecule has 0 unspecified atom stereocenters. The molecule has 0 saturated carbocycles. The normalized spacial score (nSPS) is 12.2. The van der Waals surface area contributed by atoms with E-state index in [4.69, 9.17) is 4.74 Å². The summed E-state index contributed by atoms with van der Waals surface area (Å²) in [6.45, 7) is -1.54. The Morgan fingerprint density at radius 1 is 0.824 bits per heavy atom. The highest BCUT2D eigenvalue weighted by Gasteiger charge is 2.30. The van der Waals surface area contributed by atoms with E-state index in [1.165, 1.54) is 12.1 Å². The van der Waals surface area contributed by atoms with Gasteiger partial charge in [0, 0.05) is 25.4 Å². The average molecular weight is 481 g/mol. The van der Waals surface area contributed by atoms with E-state index in [2.05, 4.69) is 25.3 Å². The number of aromatic nitrogens is 4. The number of benzene rings is 2. The fourth-order valence-electron chi connectivity index (χ4n) is 3.15. The van der Waals surface area contributed by atoms with Gasteiger partial charge >= 0.3 is 18.4 Å². The van der Waals surface area contributed by atoms with Crippen molar-refractivity contribution in [2.24, 2.45) is 0 Å². The second-order valence-electron chi connectivity index (χ2n) is 7.41. The molecule has 0 aliphatic carbocycles. The molecule has 178 valence electrons. The van der Waals surface area contributed by atoms with Gasteiger partial charge in [0.25, 0.3) is 0 Å². The molecule has 0 radical (unpaired) electrons. The predicted molar refractivity (Wildman–Crippen MR) is 111 cm³/mol. The number of halogens is 6. The monoisotopic (exact) mass is 481 g/mol. The maximum Gasteiger partial charge on any atom is 0.422 e. The minimum atomic E-state index is -4.58. The van der Waals surface area contributed by atoms with E-state index in [0.717, 1.165) is 28.5 Å². The number of anilines is 1. The molecule has 2 aromatic heterocycles. The van der Waals surface area contributed by atoms with Gasteiger partial charge in [-0.1, -0.05) is 24.3 Å².